The number of ether oxygens (including phenoxy) is 1. The molecule has 0 radical (unpaired) electrons. The second kappa shape index (κ2) is 9.48. The third-order valence-electron chi connectivity index (χ3n) is 4.66. The smallest absolute Gasteiger partial charge is 0.416 e. The van der Waals surface area contributed by atoms with Crippen molar-refractivity contribution < 1.29 is 22.3 Å². The van der Waals surface area contributed by atoms with Gasteiger partial charge in [-0.25, -0.2) is 4.98 Å². The van der Waals surface area contributed by atoms with Crippen LogP contribution in [-0.4, -0.2) is 20.6 Å². The third-order valence-corrected chi connectivity index (χ3v) is 4.92. The highest BCUT2D eigenvalue weighted by atomic mass is 35.5. The van der Waals surface area contributed by atoms with Crippen molar-refractivity contribution in [1.82, 2.24) is 14.8 Å². The predicted octanol–water partition coefficient (Wildman–Crippen LogP) is 6.42. The summed E-state index contributed by atoms with van der Waals surface area (Å²) in [6.07, 6.45) is 3.15. The summed E-state index contributed by atoms with van der Waals surface area (Å²) in [6, 6.07) is 10.5. The van der Waals surface area contributed by atoms with Crippen LogP contribution < -0.4 is 4.74 Å². The average molecular weight is 462 g/mol. The number of halogens is 4. The average Bonchev–Trinajstić information content (AvgIpc) is 3.40. The topological polar surface area (TPSA) is 53.1 Å². The molecule has 0 saturated heterocycles. The van der Waals surface area contributed by atoms with Gasteiger partial charge in [-0.2, -0.15) is 18.3 Å². The maximum atomic E-state index is 12.6. The fourth-order valence-corrected chi connectivity index (χ4v) is 3.17. The number of alkyl halides is 4. The number of rotatable bonds is 8. The molecule has 0 bridgehead atoms. The lowest BCUT2D eigenvalue weighted by Gasteiger charge is -2.05. The molecule has 9 heteroatoms. The number of aromatic nitrogens is 3. The first-order valence-corrected chi connectivity index (χ1v) is 10.4. The van der Waals surface area contributed by atoms with Gasteiger partial charge in [0.2, 0.25) is 5.89 Å². The molecule has 2 aromatic heterocycles. The van der Waals surface area contributed by atoms with Crippen LogP contribution in [0.4, 0.5) is 13.2 Å². The Morgan fingerprint density at radius 2 is 1.91 bits per heavy atom. The van der Waals surface area contributed by atoms with Crippen LogP contribution in [0.15, 0.2) is 59.3 Å². The van der Waals surface area contributed by atoms with Gasteiger partial charge in [-0.1, -0.05) is 12.1 Å². The summed E-state index contributed by atoms with van der Waals surface area (Å²) in [5.74, 6) is 1.60. The lowest BCUT2D eigenvalue weighted by molar-refractivity contribution is -0.137. The Bertz CT molecular complexity index is 1210. The molecule has 0 N–H and O–H groups in total. The molecular formula is C23H19ClF3N3O2. The number of fused-ring (bicyclic) bond motifs is 1. The van der Waals surface area contributed by atoms with Crippen molar-refractivity contribution in [2.24, 2.45) is 0 Å². The highest BCUT2D eigenvalue weighted by Gasteiger charge is 2.29. The molecule has 4 rings (SSSR count). The standard InChI is InChI=1S/C23H19ClF3N3O2/c24-10-1-11-30-13-17-12-20(7-8-21(17)29-30)31-14-19-15-32-22(28-19)9-4-16-2-5-18(6-3-16)23(25,26)27/h2-9,12-13,15H,1,10-11,14H2/b9-4+. The first kappa shape index (κ1) is 22.0. The molecule has 2 aromatic carbocycles. The molecule has 0 atom stereocenters. The van der Waals surface area contributed by atoms with Crippen LogP contribution in [0, 0.1) is 0 Å². The van der Waals surface area contributed by atoms with E-state index in [0.717, 1.165) is 36.0 Å². The second-order valence-electron chi connectivity index (χ2n) is 7.07. The van der Waals surface area contributed by atoms with E-state index in [4.69, 9.17) is 20.8 Å². The molecule has 166 valence electrons. The van der Waals surface area contributed by atoms with Crippen LogP contribution in [-0.2, 0) is 19.3 Å². The molecule has 0 spiro atoms. The van der Waals surface area contributed by atoms with E-state index >= 15 is 0 Å². The fourth-order valence-electron chi connectivity index (χ4n) is 3.05. The van der Waals surface area contributed by atoms with Crippen molar-refractivity contribution in [1.29, 1.82) is 0 Å². The summed E-state index contributed by atoms with van der Waals surface area (Å²) in [6.45, 7) is 0.972. The van der Waals surface area contributed by atoms with E-state index in [1.165, 1.54) is 18.4 Å². The van der Waals surface area contributed by atoms with Gasteiger partial charge < -0.3 is 9.15 Å². The molecule has 2 heterocycles. The van der Waals surface area contributed by atoms with Gasteiger partial charge in [-0.15, -0.1) is 11.6 Å². The van der Waals surface area contributed by atoms with Crippen molar-refractivity contribution in [2.75, 3.05) is 5.88 Å². The Kier molecular flexibility index (Phi) is 6.50. The van der Waals surface area contributed by atoms with E-state index in [1.54, 1.807) is 12.2 Å². The van der Waals surface area contributed by atoms with E-state index in [9.17, 15) is 13.2 Å². The van der Waals surface area contributed by atoms with Gasteiger partial charge in [-0.05, 0) is 48.4 Å². The SMILES string of the molecule is FC(F)(F)c1ccc(/C=C/c2nc(COc3ccc4nn(CCCCl)cc4c3)co2)cc1. The summed E-state index contributed by atoms with van der Waals surface area (Å²) in [5.41, 5.74) is 1.39. The van der Waals surface area contributed by atoms with Crippen LogP contribution in [0.1, 0.15) is 29.1 Å². The van der Waals surface area contributed by atoms with Crippen LogP contribution in [0.3, 0.4) is 0 Å². The number of aryl methyl sites for hydroxylation is 1. The number of hydrogen-bond acceptors (Lipinski definition) is 4. The quantitative estimate of drug-likeness (QED) is 0.284. The number of hydrogen-bond donors (Lipinski definition) is 0. The Hall–Kier alpha value is -3.26. The molecule has 5 nitrogen and oxygen atoms in total. The molecule has 4 aromatic rings. The molecule has 32 heavy (non-hydrogen) atoms. The van der Waals surface area contributed by atoms with Gasteiger partial charge in [0.15, 0.2) is 0 Å². The normalized spacial score (nSPS) is 12.1. The monoisotopic (exact) mass is 461 g/mol. The van der Waals surface area contributed by atoms with Gasteiger partial charge in [0, 0.05) is 30.1 Å². The number of nitrogens with zero attached hydrogens (tertiary/aromatic N) is 3. The lowest BCUT2D eigenvalue weighted by Crippen LogP contribution is -2.03. The molecule has 0 unspecified atom stereocenters. The second-order valence-corrected chi connectivity index (χ2v) is 7.45. The molecule has 0 amide bonds. The van der Waals surface area contributed by atoms with E-state index in [0.29, 0.717) is 28.8 Å². The summed E-state index contributed by atoms with van der Waals surface area (Å²) < 4.78 is 50.9. The predicted molar refractivity (Wildman–Crippen MR) is 116 cm³/mol. The molecule has 0 aliphatic rings. The van der Waals surface area contributed by atoms with Crippen molar-refractivity contribution in [2.45, 2.75) is 25.7 Å². The molecule has 0 aliphatic carbocycles. The minimum Gasteiger partial charge on any atom is -0.487 e. The Balaban J connectivity index is 1.35. The lowest BCUT2D eigenvalue weighted by atomic mass is 10.1. The highest BCUT2D eigenvalue weighted by Crippen LogP contribution is 2.29. The van der Waals surface area contributed by atoms with Crippen molar-refractivity contribution in [3.05, 3.63) is 77.6 Å². The van der Waals surface area contributed by atoms with E-state index in [1.807, 2.05) is 29.1 Å². The maximum Gasteiger partial charge on any atom is 0.416 e. The van der Waals surface area contributed by atoms with Gasteiger partial charge in [0.05, 0.1) is 11.1 Å². The first-order chi connectivity index (χ1) is 15.4. The molecular weight excluding hydrogens is 443 g/mol. The zero-order valence-electron chi connectivity index (χ0n) is 16.8. The van der Waals surface area contributed by atoms with Crippen LogP contribution >= 0.6 is 11.6 Å². The Morgan fingerprint density at radius 1 is 1.09 bits per heavy atom. The fraction of sp³-hybridized carbons (Fsp3) is 0.217. The minimum atomic E-state index is -4.35. The van der Waals surface area contributed by atoms with Crippen LogP contribution in [0.25, 0.3) is 23.1 Å². The minimum absolute atomic E-state index is 0.212. The van der Waals surface area contributed by atoms with Gasteiger partial charge >= 0.3 is 6.18 Å². The van der Waals surface area contributed by atoms with Crippen LogP contribution in [0.5, 0.6) is 5.75 Å². The van der Waals surface area contributed by atoms with Crippen molar-refractivity contribution in [3.63, 3.8) is 0 Å². The van der Waals surface area contributed by atoms with E-state index in [2.05, 4.69) is 10.1 Å². The summed E-state index contributed by atoms with van der Waals surface area (Å²) in [4.78, 5) is 4.31. The third kappa shape index (κ3) is 5.50. The van der Waals surface area contributed by atoms with Crippen molar-refractivity contribution >= 4 is 34.7 Å². The maximum absolute atomic E-state index is 12.6. The molecule has 0 aliphatic heterocycles. The largest absolute Gasteiger partial charge is 0.487 e. The summed E-state index contributed by atoms with van der Waals surface area (Å²) in [5, 5.41) is 5.46. The summed E-state index contributed by atoms with van der Waals surface area (Å²) >= 11 is 5.73. The number of benzene rings is 2. The zero-order chi connectivity index (χ0) is 22.6. The van der Waals surface area contributed by atoms with E-state index in [-0.39, 0.29) is 6.61 Å². The van der Waals surface area contributed by atoms with Gasteiger partial charge in [0.25, 0.3) is 0 Å². The molecule has 0 saturated carbocycles. The summed E-state index contributed by atoms with van der Waals surface area (Å²) in [7, 11) is 0. The van der Waals surface area contributed by atoms with Crippen LogP contribution in [0.2, 0.25) is 0 Å². The Labute approximate surface area is 187 Å². The molecule has 0 fully saturated rings. The Morgan fingerprint density at radius 3 is 2.66 bits per heavy atom. The number of oxazole rings is 1. The van der Waals surface area contributed by atoms with Gasteiger partial charge in [-0.3, -0.25) is 4.68 Å². The van der Waals surface area contributed by atoms with E-state index < -0.39 is 11.7 Å². The highest BCUT2D eigenvalue weighted by molar-refractivity contribution is 6.17. The van der Waals surface area contributed by atoms with Gasteiger partial charge in [0.1, 0.15) is 24.3 Å². The van der Waals surface area contributed by atoms with Crippen molar-refractivity contribution in [3.8, 4) is 5.75 Å². The zero-order valence-corrected chi connectivity index (χ0v) is 17.6. The first-order valence-electron chi connectivity index (χ1n) is 9.86.